The van der Waals surface area contributed by atoms with E-state index in [0.717, 1.165) is 11.1 Å². The molecule has 2 rings (SSSR count). The molecule has 4 N–H and O–H groups in total. The highest BCUT2D eigenvalue weighted by atomic mass is 35.5. The Morgan fingerprint density at radius 2 is 2.10 bits per heavy atom. The molecular weight excluding hydrogens is 276 g/mol. The number of aromatic hydroxyl groups is 1. The summed E-state index contributed by atoms with van der Waals surface area (Å²) >= 11 is 6.06. The van der Waals surface area contributed by atoms with Crippen LogP contribution in [0.15, 0.2) is 36.4 Å². The van der Waals surface area contributed by atoms with Crippen molar-refractivity contribution in [3.8, 4) is 5.75 Å². The van der Waals surface area contributed by atoms with Crippen LogP contribution in [0.4, 0.5) is 5.69 Å². The summed E-state index contributed by atoms with van der Waals surface area (Å²) in [5.74, 6) is -0.259. The van der Waals surface area contributed by atoms with Crippen LogP contribution in [0, 0.1) is 6.92 Å². The molecule has 0 bridgehead atoms. The van der Waals surface area contributed by atoms with E-state index in [1.54, 1.807) is 18.2 Å². The predicted molar refractivity (Wildman–Crippen MR) is 80.1 cm³/mol. The summed E-state index contributed by atoms with van der Waals surface area (Å²) in [6.45, 7) is 2.23. The van der Waals surface area contributed by atoms with Crippen molar-refractivity contribution in [1.82, 2.24) is 0 Å². The molecule has 0 aliphatic rings. The number of hydrogen-bond acceptors (Lipinski definition) is 3. The number of anilines is 1. The van der Waals surface area contributed by atoms with Gasteiger partial charge in [0, 0.05) is 17.7 Å². The normalized spacial score (nSPS) is 10.3. The Hall–Kier alpha value is -2.20. The van der Waals surface area contributed by atoms with Crippen molar-refractivity contribution in [2.24, 2.45) is 5.73 Å². The average molecular weight is 291 g/mol. The number of rotatable bonds is 4. The molecule has 0 heterocycles. The molecule has 104 valence electrons. The molecule has 0 fully saturated rings. The van der Waals surface area contributed by atoms with Crippen molar-refractivity contribution in [2.75, 3.05) is 5.32 Å². The molecule has 4 nitrogen and oxygen atoms in total. The SMILES string of the molecule is Cc1cccc(CNc2cc(C(N)=O)ccc2Cl)c1O. The van der Waals surface area contributed by atoms with E-state index >= 15 is 0 Å². The lowest BCUT2D eigenvalue weighted by atomic mass is 10.1. The van der Waals surface area contributed by atoms with Gasteiger partial charge < -0.3 is 16.2 Å². The highest BCUT2D eigenvalue weighted by Crippen LogP contribution is 2.26. The average Bonchev–Trinajstić information content (AvgIpc) is 2.41. The largest absolute Gasteiger partial charge is 0.507 e. The molecule has 0 aliphatic heterocycles. The zero-order chi connectivity index (χ0) is 14.7. The fraction of sp³-hybridized carbons (Fsp3) is 0.133. The van der Waals surface area contributed by atoms with Crippen LogP contribution in [0.5, 0.6) is 5.75 Å². The summed E-state index contributed by atoms with van der Waals surface area (Å²) < 4.78 is 0. The number of nitrogens with one attached hydrogen (secondary N) is 1. The molecule has 2 aromatic carbocycles. The number of phenolic OH excluding ortho intramolecular Hbond substituents is 1. The molecule has 2 aromatic rings. The van der Waals surface area contributed by atoms with E-state index in [1.807, 2.05) is 25.1 Å². The van der Waals surface area contributed by atoms with Crippen LogP contribution >= 0.6 is 11.6 Å². The minimum absolute atomic E-state index is 0.252. The van der Waals surface area contributed by atoms with Crippen molar-refractivity contribution in [3.05, 3.63) is 58.1 Å². The Labute approximate surface area is 122 Å². The van der Waals surface area contributed by atoms with Gasteiger partial charge in [-0.05, 0) is 30.7 Å². The second kappa shape index (κ2) is 5.84. The molecule has 20 heavy (non-hydrogen) atoms. The number of para-hydroxylation sites is 1. The van der Waals surface area contributed by atoms with Crippen molar-refractivity contribution in [1.29, 1.82) is 0 Å². The molecule has 0 radical (unpaired) electrons. The summed E-state index contributed by atoms with van der Waals surface area (Å²) in [7, 11) is 0. The number of carbonyl (C=O) groups is 1. The number of halogens is 1. The molecule has 0 saturated heterocycles. The van der Waals surface area contributed by atoms with Gasteiger partial charge in [-0.15, -0.1) is 0 Å². The van der Waals surface area contributed by atoms with E-state index < -0.39 is 5.91 Å². The van der Waals surface area contributed by atoms with Gasteiger partial charge in [0.05, 0.1) is 10.7 Å². The summed E-state index contributed by atoms with van der Waals surface area (Å²) in [6, 6.07) is 10.3. The third kappa shape index (κ3) is 3.03. The van der Waals surface area contributed by atoms with Gasteiger partial charge in [0.25, 0.3) is 0 Å². The highest BCUT2D eigenvalue weighted by Gasteiger charge is 2.08. The Morgan fingerprint density at radius 3 is 2.80 bits per heavy atom. The molecule has 0 saturated carbocycles. The van der Waals surface area contributed by atoms with Crippen LogP contribution in [-0.4, -0.2) is 11.0 Å². The molecule has 0 unspecified atom stereocenters. The van der Waals surface area contributed by atoms with Crippen molar-refractivity contribution >= 4 is 23.2 Å². The predicted octanol–water partition coefficient (Wildman–Crippen LogP) is 3.07. The van der Waals surface area contributed by atoms with Crippen molar-refractivity contribution in [2.45, 2.75) is 13.5 Å². The van der Waals surface area contributed by atoms with E-state index in [9.17, 15) is 9.90 Å². The topological polar surface area (TPSA) is 75.3 Å². The van der Waals surface area contributed by atoms with Crippen molar-refractivity contribution < 1.29 is 9.90 Å². The molecule has 0 spiro atoms. The third-order valence-corrected chi connectivity index (χ3v) is 3.37. The van der Waals surface area contributed by atoms with E-state index in [1.165, 1.54) is 0 Å². The number of hydrogen-bond donors (Lipinski definition) is 3. The quantitative estimate of drug-likeness (QED) is 0.810. The lowest BCUT2D eigenvalue weighted by molar-refractivity contribution is 0.100. The lowest BCUT2D eigenvalue weighted by Gasteiger charge is -2.11. The second-order valence-corrected chi connectivity index (χ2v) is 4.90. The lowest BCUT2D eigenvalue weighted by Crippen LogP contribution is -2.11. The van der Waals surface area contributed by atoms with Gasteiger partial charge in [-0.2, -0.15) is 0 Å². The van der Waals surface area contributed by atoms with Gasteiger partial charge in [-0.25, -0.2) is 0 Å². The van der Waals surface area contributed by atoms with Crippen molar-refractivity contribution in [3.63, 3.8) is 0 Å². The number of benzene rings is 2. The van der Waals surface area contributed by atoms with Gasteiger partial charge >= 0.3 is 0 Å². The molecule has 0 aliphatic carbocycles. The Morgan fingerprint density at radius 1 is 1.35 bits per heavy atom. The van der Waals surface area contributed by atoms with Gasteiger partial charge in [-0.3, -0.25) is 4.79 Å². The summed E-state index contributed by atoms with van der Waals surface area (Å²) in [5, 5.41) is 13.5. The van der Waals surface area contributed by atoms with Gasteiger partial charge in [0.1, 0.15) is 5.75 Å². The summed E-state index contributed by atoms with van der Waals surface area (Å²) in [4.78, 5) is 11.1. The van der Waals surface area contributed by atoms with Crippen LogP contribution in [0.25, 0.3) is 0 Å². The third-order valence-electron chi connectivity index (χ3n) is 3.04. The van der Waals surface area contributed by atoms with Gasteiger partial charge in [0.2, 0.25) is 5.91 Å². The monoisotopic (exact) mass is 290 g/mol. The maximum atomic E-state index is 11.1. The first kappa shape index (κ1) is 14.2. The zero-order valence-corrected chi connectivity index (χ0v) is 11.7. The number of phenols is 1. The molecule has 0 aromatic heterocycles. The van der Waals surface area contributed by atoms with Crippen LogP contribution in [0.1, 0.15) is 21.5 Å². The van der Waals surface area contributed by atoms with Gasteiger partial charge in [0.15, 0.2) is 0 Å². The van der Waals surface area contributed by atoms with E-state index in [2.05, 4.69) is 5.32 Å². The number of nitrogens with two attached hydrogens (primary N) is 1. The number of carbonyl (C=O) groups excluding carboxylic acids is 1. The zero-order valence-electron chi connectivity index (χ0n) is 11.0. The molecule has 5 heteroatoms. The smallest absolute Gasteiger partial charge is 0.248 e. The standard InChI is InChI=1S/C15H15ClN2O2/c1-9-3-2-4-11(14(9)19)8-18-13-7-10(15(17)20)5-6-12(13)16/h2-7,18-19H,8H2,1H3,(H2,17,20). The molecule has 0 atom stereocenters. The van der Waals surface area contributed by atoms with Crippen LogP contribution < -0.4 is 11.1 Å². The minimum atomic E-state index is -0.511. The summed E-state index contributed by atoms with van der Waals surface area (Å²) in [5.41, 5.74) is 7.78. The number of primary amides is 1. The van der Waals surface area contributed by atoms with E-state index in [0.29, 0.717) is 22.8 Å². The van der Waals surface area contributed by atoms with E-state index in [4.69, 9.17) is 17.3 Å². The fourth-order valence-electron chi connectivity index (χ4n) is 1.87. The highest BCUT2D eigenvalue weighted by molar-refractivity contribution is 6.33. The van der Waals surface area contributed by atoms with Gasteiger partial charge in [-0.1, -0.05) is 29.8 Å². The first-order valence-corrected chi connectivity index (χ1v) is 6.47. The maximum Gasteiger partial charge on any atom is 0.248 e. The Kier molecular flexibility index (Phi) is 4.15. The second-order valence-electron chi connectivity index (χ2n) is 4.50. The Balaban J connectivity index is 2.20. The van der Waals surface area contributed by atoms with E-state index in [-0.39, 0.29) is 5.75 Å². The number of amides is 1. The molecule has 1 amide bonds. The first-order valence-electron chi connectivity index (χ1n) is 6.09. The summed E-state index contributed by atoms with van der Waals surface area (Å²) in [6.07, 6.45) is 0. The molecular formula is C15H15ClN2O2. The first-order chi connectivity index (χ1) is 9.49. The fourth-order valence-corrected chi connectivity index (χ4v) is 2.05. The minimum Gasteiger partial charge on any atom is -0.507 e. The number of aryl methyl sites for hydroxylation is 1. The van der Waals surface area contributed by atoms with Crippen LogP contribution in [0.2, 0.25) is 5.02 Å². The maximum absolute atomic E-state index is 11.1. The Bertz CT molecular complexity index is 656. The van der Waals surface area contributed by atoms with Crippen LogP contribution in [-0.2, 0) is 6.54 Å². The van der Waals surface area contributed by atoms with Crippen LogP contribution in [0.3, 0.4) is 0 Å².